The Kier molecular flexibility index (Phi) is 10.6. The van der Waals surface area contributed by atoms with E-state index in [1.807, 2.05) is 0 Å². The van der Waals surface area contributed by atoms with Crippen molar-refractivity contribution >= 4 is 0 Å². The average molecular weight is 300 g/mol. The molecule has 3 heteroatoms. The van der Waals surface area contributed by atoms with Crippen LogP contribution in [-0.2, 0) is 32.7 Å². The van der Waals surface area contributed by atoms with Crippen molar-refractivity contribution in [1.29, 1.82) is 0 Å². The van der Waals surface area contributed by atoms with Crippen LogP contribution < -0.4 is 10.6 Å². The fraction of sp³-hybridized carbons (Fsp3) is 0.923. The standard InChI is InChI=1S/C7H15N2.C6H12.Y/c1-5-4-8-7(3)9-6(5)2;1-2-4-6-5-3-1;/h4-9H,1-3H3;1-6H2;/q-1;;/t5-,6-,7+;;/m1../s1. The van der Waals surface area contributed by atoms with Crippen LogP contribution in [0.3, 0.4) is 0 Å². The van der Waals surface area contributed by atoms with E-state index < -0.39 is 0 Å². The van der Waals surface area contributed by atoms with Crippen LogP contribution in [-0.4, -0.2) is 12.2 Å². The molecule has 0 aromatic heterocycles. The van der Waals surface area contributed by atoms with Gasteiger partial charge in [-0.15, -0.1) is 5.92 Å². The number of rotatable bonds is 0. The Balaban J connectivity index is 0.000000283. The summed E-state index contributed by atoms with van der Waals surface area (Å²) in [6, 6.07) is 0.612. The molecule has 2 aliphatic rings. The van der Waals surface area contributed by atoms with Gasteiger partial charge < -0.3 is 10.6 Å². The Hall–Kier alpha value is 1.02. The van der Waals surface area contributed by atoms with Gasteiger partial charge in [0.1, 0.15) is 0 Å². The fourth-order valence-corrected chi connectivity index (χ4v) is 2.10. The van der Waals surface area contributed by atoms with Crippen LogP contribution in [0.5, 0.6) is 0 Å². The summed E-state index contributed by atoms with van der Waals surface area (Å²) in [6.45, 7) is 8.69. The summed E-state index contributed by atoms with van der Waals surface area (Å²) in [5.41, 5.74) is 0. The molecule has 1 heterocycles. The summed E-state index contributed by atoms with van der Waals surface area (Å²) in [4.78, 5) is 0. The van der Waals surface area contributed by atoms with Gasteiger partial charge in [0.15, 0.2) is 0 Å². The molecule has 2 N–H and O–H groups in total. The molecule has 0 spiro atoms. The van der Waals surface area contributed by atoms with Crippen molar-refractivity contribution in [2.24, 2.45) is 5.92 Å². The van der Waals surface area contributed by atoms with Crippen molar-refractivity contribution in [2.45, 2.75) is 71.5 Å². The quantitative estimate of drug-likeness (QED) is 0.672. The predicted molar refractivity (Wildman–Crippen MR) is 66.4 cm³/mol. The van der Waals surface area contributed by atoms with Crippen LogP contribution in [0, 0.1) is 12.5 Å². The molecule has 3 atom stereocenters. The Labute approximate surface area is 127 Å². The number of nitrogens with one attached hydrogen (secondary N) is 2. The Morgan fingerprint density at radius 3 is 1.62 bits per heavy atom. The van der Waals surface area contributed by atoms with Crippen molar-refractivity contribution in [3.63, 3.8) is 0 Å². The van der Waals surface area contributed by atoms with Crippen LogP contribution >= 0.6 is 0 Å². The molecule has 1 aliphatic carbocycles. The van der Waals surface area contributed by atoms with E-state index in [2.05, 4.69) is 37.9 Å². The van der Waals surface area contributed by atoms with Gasteiger partial charge in [-0.2, -0.15) is 0 Å². The van der Waals surface area contributed by atoms with Crippen molar-refractivity contribution in [3.8, 4) is 0 Å². The molecule has 16 heavy (non-hydrogen) atoms. The van der Waals surface area contributed by atoms with Gasteiger partial charge in [0, 0.05) is 38.9 Å². The maximum atomic E-state index is 3.39. The first-order valence-electron chi connectivity index (χ1n) is 6.55. The smallest absolute Gasteiger partial charge is 0.0273 e. The SMILES string of the molecule is C1CCCCC1.C[C@H]1N[CH-][C@@H](C)[C@@H](C)N1.[Y]. The molecule has 0 aromatic carbocycles. The summed E-state index contributed by atoms with van der Waals surface area (Å²) in [6.07, 6.45) is 9.44. The molecular weight excluding hydrogens is 273 g/mol. The summed E-state index contributed by atoms with van der Waals surface area (Å²) < 4.78 is 0. The molecule has 1 saturated carbocycles. The van der Waals surface area contributed by atoms with Gasteiger partial charge in [0.2, 0.25) is 0 Å². The molecule has 1 aliphatic heterocycles. The van der Waals surface area contributed by atoms with E-state index >= 15 is 0 Å². The zero-order valence-corrected chi connectivity index (χ0v) is 14.0. The summed E-state index contributed by atoms with van der Waals surface area (Å²) in [5, 5.41) is 6.61. The molecule has 0 amide bonds. The van der Waals surface area contributed by atoms with Gasteiger partial charge in [-0.1, -0.05) is 52.4 Å². The van der Waals surface area contributed by atoms with Crippen LogP contribution in [0.4, 0.5) is 0 Å². The fourth-order valence-electron chi connectivity index (χ4n) is 2.10. The molecule has 2 nitrogen and oxygen atoms in total. The average Bonchev–Trinajstić information content (AvgIpc) is 2.27. The van der Waals surface area contributed by atoms with E-state index in [1.54, 1.807) is 0 Å². The molecular formula is C13H27N2Y-. The van der Waals surface area contributed by atoms with Crippen LogP contribution in [0.2, 0.25) is 0 Å². The first-order valence-corrected chi connectivity index (χ1v) is 6.55. The van der Waals surface area contributed by atoms with E-state index in [0.29, 0.717) is 18.1 Å². The Morgan fingerprint density at radius 2 is 1.31 bits per heavy atom. The van der Waals surface area contributed by atoms with Gasteiger partial charge >= 0.3 is 0 Å². The van der Waals surface area contributed by atoms with E-state index in [1.165, 1.54) is 38.5 Å². The summed E-state index contributed by atoms with van der Waals surface area (Å²) >= 11 is 0. The van der Waals surface area contributed by atoms with E-state index in [9.17, 15) is 0 Å². The van der Waals surface area contributed by atoms with Gasteiger partial charge in [-0.3, -0.25) is 6.54 Å². The van der Waals surface area contributed by atoms with Crippen molar-refractivity contribution in [1.82, 2.24) is 10.6 Å². The molecule has 2 fully saturated rings. The molecule has 0 aromatic rings. The predicted octanol–water partition coefficient (Wildman–Crippen LogP) is 3.05. The third-order valence-corrected chi connectivity index (χ3v) is 3.41. The molecule has 1 saturated heterocycles. The zero-order valence-electron chi connectivity index (χ0n) is 11.1. The molecule has 0 bridgehead atoms. The first-order chi connectivity index (χ1) is 7.20. The zero-order chi connectivity index (χ0) is 11.1. The van der Waals surface area contributed by atoms with Gasteiger partial charge in [-0.05, 0) is 13.0 Å². The van der Waals surface area contributed by atoms with E-state index in [4.69, 9.17) is 0 Å². The minimum atomic E-state index is 0. The Bertz CT molecular complexity index is 149. The number of hydrogen-bond acceptors (Lipinski definition) is 2. The molecule has 1 radical (unpaired) electrons. The van der Waals surface area contributed by atoms with E-state index in [-0.39, 0.29) is 32.7 Å². The van der Waals surface area contributed by atoms with Crippen molar-refractivity contribution < 1.29 is 32.7 Å². The topological polar surface area (TPSA) is 24.1 Å². The molecule has 2 rings (SSSR count). The monoisotopic (exact) mass is 300 g/mol. The minimum absolute atomic E-state index is 0. The van der Waals surface area contributed by atoms with E-state index in [0.717, 1.165) is 0 Å². The second-order valence-electron chi connectivity index (χ2n) is 4.99. The summed E-state index contributed by atoms with van der Waals surface area (Å²) in [5.74, 6) is 0.640. The first kappa shape index (κ1) is 17.0. The van der Waals surface area contributed by atoms with Crippen LogP contribution in [0.1, 0.15) is 59.3 Å². The van der Waals surface area contributed by atoms with Gasteiger partial charge in [0.05, 0.1) is 0 Å². The third kappa shape index (κ3) is 7.37. The number of hydrogen-bond donors (Lipinski definition) is 2. The second-order valence-corrected chi connectivity index (χ2v) is 4.99. The van der Waals surface area contributed by atoms with Crippen molar-refractivity contribution in [3.05, 3.63) is 6.54 Å². The Morgan fingerprint density at radius 1 is 0.875 bits per heavy atom. The third-order valence-electron chi connectivity index (χ3n) is 3.41. The van der Waals surface area contributed by atoms with Gasteiger partial charge in [0.25, 0.3) is 0 Å². The minimum Gasteiger partial charge on any atom is -0.455 e. The summed E-state index contributed by atoms with van der Waals surface area (Å²) in [7, 11) is 0. The largest absolute Gasteiger partial charge is 0.455 e. The maximum Gasteiger partial charge on any atom is 0.0273 e. The van der Waals surface area contributed by atoms with Crippen LogP contribution in [0.15, 0.2) is 0 Å². The van der Waals surface area contributed by atoms with Gasteiger partial charge in [-0.25, -0.2) is 0 Å². The normalized spacial score (nSPS) is 34.3. The van der Waals surface area contributed by atoms with Crippen molar-refractivity contribution in [2.75, 3.05) is 0 Å². The molecule has 93 valence electrons. The molecule has 0 unspecified atom stereocenters. The van der Waals surface area contributed by atoms with Crippen LogP contribution in [0.25, 0.3) is 0 Å². The second kappa shape index (κ2) is 9.99. The maximum absolute atomic E-state index is 3.39.